The number of ether oxygens (including phenoxy) is 1. The van der Waals surface area contributed by atoms with E-state index in [1.165, 1.54) is 0 Å². The Morgan fingerprint density at radius 2 is 1.85 bits per heavy atom. The summed E-state index contributed by atoms with van der Waals surface area (Å²) in [5.74, 6) is -0.939. The third-order valence-electron chi connectivity index (χ3n) is 4.77. The molecule has 2 aromatic carbocycles. The summed E-state index contributed by atoms with van der Waals surface area (Å²) in [4.78, 5) is 12.6. The molecule has 0 saturated heterocycles. The van der Waals surface area contributed by atoms with E-state index in [0.29, 0.717) is 6.42 Å². The second-order valence-electron chi connectivity index (χ2n) is 6.62. The standard InChI is InChI=1S/C20H23NO4S/c1-4-25-20(22)17-12-15-7-5-6-14(3)18(15)19(17)21-26(23,24)16-10-8-13(2)9-11-16/h5-11,17,19,21H,4,12H2,1-3H3/t17-,19+/m1/s1. The number of fused-ring (bicyclic) bond motifs is 1. The number of carbonyl (C=O) groups excluding carboxylic acids is 1. The zero-order chi connectivity index (χ0) is 18.9. The fourth-order valence-electron chi connectivity index (χ4n) is 3.48. The van der Waals surface area contributed by atoms with Gasteiger partial charge in [0.05, 0.1) is 23.5 Å². The van der Waals surface area contributed by atoms with Gasteiger partial charge in [0.25, 0.3) is 0 Å². The molecule has 0 saturated carbocycles. The highest BCUT2D eigenvalue weighted by molar-refractivity contribution is 7.89. The molecule has 6 heteroatoms. The van der Waals surface area contributed by atoms with E-state index in [9.17, 15) is 13.2 Å². The highest BCUT2D eigenvalue weighted by Crippen LogP contribution is 2.39. The van der Waals surface area contributed by atoms with Crippen LogP contribution in [0, 0.1) is 19.8 Å². The summed E-state index contributed by atoms with van der Waals surface area (Å²) in [5.41, 5.74) is 3.81. The van der Waals surface area contributed by atoms with Gasteiger partial charge in [-0.25, -0.2) is 13.1 Å². The molecule has 0 amide bonds. The Kier molecular flexibility index (Phi) is 5.16. The van der Waals surface area contributed by atoms with Gasteiger partial charge in [-0.3, -0.25) is 4.79 Å². The maximum Gasteiger partial charge on any atom is 0.311 e. The predicted molar refractivity (Wildman–Crippen MR) is 99.2 cm³/mol. The number of sulfonamides is 1. The highest BCUT2D eigenvalue weighted by atomic mass is 32.2. The normalized spacial score (nSPS) is 19.2. The van der Waals surface area contributed by atoms with E-state index < -0.39 is 22.0 Å². The van der Waals surface area contributed by atoms with Crippen LogP contribution in [0.1, 0.15) is 35.2 Å². The van der Waals surface area contributed by atoms with E-state index in [-0.39, 0.29) is 17.5 Å². The number of esters is 1. The summed E-state index contributed by atoms with van der Waals surface area (Å²) >= 11 is 0. The number of aryl methyl sites for hydroxylation is 2. The lowest BCUT2D eigenvalue weighted by molar-refractivity contribution is -0.148. The fraction of sp³-hybridized carbons (Fsp3) is 0.350. The molecule has 2 aromatic rings. The van der Waals surface area contributed by atoms with Gasteiger partial charge in [-0.2, -0.15) is 0 Å². The van der Waals surface area contributed by atoms with Crippen LogP contribution in [0.3, 0.4) is 0 Å². The molecular formula is C20H23NO4S. The largest absolute Gasteiger partial charge is 0.466 e. The number of hydrogen-bond acceptors (Lipinski definition) is 4. The van der Waals surface area contributed by atoms with Crippen molar-refractivity contribution in [1.29, 1.82) is 0 Å². The second kappa shape index (κ2) is 7.21. The van der Waals surface area contributed by atoms with Crippen LogP contribution in [-0.4, -0.2) is 21.0 Å². The average Bonchev–Trinajstić information content (AvgIpc) is 2.95. The van der Waals surface area contributed by atoms with Gasteiger partial charge in [-0.15, -0.1) is 0 Å². The average molecular weight is 373 g/mol. The summed E-state index contributed by atoms with van der Waals surface area (Å²) in [6.07, 6.45) is 0.469. The summed E-state index contributed by atoms with van der Waals surface area (Å²) in [6.45, 7) is 5.84. The third-order valence-corrected chi connectivity index (χ3v) is 6.23. The first-order valence-corrected chi connectivity index (χ1v) is 10.2. The number of rotatable bonds is 5. The molecule has 2 atom stereocenters. The quantitative estimate of drug-likeness (QED) is 0.818. The van der Waals surface area contributed by atoms with Crippen LogP contribution in [0.5, 0.6) is 0 Å². The van der Waals surface area contributed by atoms with E-state index in [1.54, 1.807) is 31.2 Å². The summed E-state index contributed by atoms with van der Waals surface area (Å²) in [7, 11) is -3.76. The number of benzene rings is 2. The lowest BCUT2D eigenvalue weighted by atomic mass is 9.99. The summed E-state index contributed by atoms with van der Waals surface area (Å²) in [6, 6.07) is 11.8. The van der Waals surface area contributed by atoms with E-state index in [2.05, 4.69) is 4.72 Å². The summed E-state index contributed by atoms with van der Waals surface area (Å²) < 4.78 is 33.7. The molecule has 0 aliphatic heterocycles. The van der Waals surface area contributed by atoms with Crippen LogP contribution < -0.4 is 4.72 Å². The van der Waals surface area contributed by atoms with Crippen molar-refractivity contribution in [2.75, 3.05) is 6.61 Å². The SMILES string of the molecule is CCOC(=O)[C@@H]1Cc2cccc(C)c2[C@H]1NS(=O)(=O)c1ccc(C)cc1. The van der Waals surface area contributed by atoms with Crippen LogP contribution in [-0.2, 0) is 26.0 Å². The Balaban J connectivity index is 1.99. The smallest absolute Gasteiger partial charge is 0.311 e. The first-order valence-electron chi connectivity index (χ1n) is 8.67. The lowest BCUT2D eigenvalue weighted by Gasteiger charge is -2.22. The molecule has 1 N–H and O–H groups in total. The molecule has 5 nitrogen and oxygen atoms in total. The van der Waals surface area contributed by atoms with Crippen molar-refractivity contribution < 1.29 is 17.9 Å². The molecule has 0 unspecified atom stereocenters. The molecule has 1 aliphatic rings. The van der Waals surface area contributed by atoms with Gasteiger partial charge in [0, 0.05) is 0 Å². The molecule has 138 valence electrons. The highest BCUT2D eigenvalue weighted by Gasteiger charge is 2.41. The lowest BCUT2D eigenvalue weighted by Crippen LogP contribution is -2.35. The topological polar surface area (TPSA) is 72.5 Å². The van der Waals surface area contributed by atoms with Crippen molar-refractivity contribution in [3.05, 3.63) is 64.7 Å². The van der Waals surface area contributed by atoms with Gasteiger partial charge in [0.1, 0.15) is 0 Å². The third kappa shape index (κ3) is 3.52. The molecule has 26 heavy (non-hydrogen) atoms. The minimum atomic E-state index is -3.76. The molecular weight excluding hydrogens is 350 g/mol. The van der Waals surface area contributed by atoms with E-state index >= 15 is 0 Å². The Morgan fingerprint density at radius 3 is 2.50 bits per heavy atom. The van der Waals surface area contributed by atoms with Crippen molar-refractivity contribution in [2.24, 2.45) is 5.92 Å². The second-order valence-corrected chi connectivity index (χ2v) is 8.34. The van der Waals surface area contributed by atoms with Gasteiger partial charge in [-0.1, -0.05) is 35.9 Å². The zero-order valence-electron chi connectivity index (χ0n) is 15.2. The van der Waals surface area contributed by atoms with Gasteiger partial charge in [-0.05, 0) is 56.0 Å². The van der Waals surface area contributed by atoms with Crippen molar-refractivity contribution in [2.45, 2.75) is 38.1 Å². The zero-order valence-corrected chi connectivity index (χ0v) is 16.0. The van der Waals surface area contributed by atoms with Crippen molar-refractivity contribution >= 4 is 16.0 Å². The van der Waals surface area contributed by atoms with Gasteiger partial charge in [0.15, 0.2) is 0 Å². The molecule has 0 bridgehead atoms. The Morgan fingerprint density at radius 1 is 1.15 bits per heavy atom. The maximum atomic E-state index is 12.9. The Bertz CT molecular complexity index is 919. The van der Waals surface area contributed by atoms with Crippen LogP contribution in [0.15, 0.2) is 47.4 Å². The van der Waals surface area contributed by atoms with Gasteiger partial charge in [0.2, 0.25) is 10.0 Å². The fourth-order valence-corrected chi connectivity index (χ4v) is 4.73. The van der Waals surface area contributed by atoms with Crippen LogP contribution >= 0.6 is 0 Å². The Hall–Kier alpha value is -2.18. The minimum Gasteiger partial charge on any atom is -0.466 e. The maximum absolute atomic E-state index is 12.9. The molecule has 0 heterocycles. The Labute approximate surface area is 154 Å². The molecule has 3 rings (SSSR count). The molecule has 1 aliphatic carbocycles. The van der Waals surface area contributed by atoms with Crippen LogP contribution in [0.4, 0.5) is 0 Å². The number of hydrogen-bond donors (Lipinski definition) is 1. The molecule has 0 fully saturated rings. The van der Waals surface area contributed by atoms with Gasteiger partial charge >= 0.3 is 5.97 Å². The summed E-state index contributed by atoms with van der Waals surface area (Å²) in [5, 5.41) is 0. The van der Waals surface area contributed by atoms with Gasteiger partial charge < -0.3 is 4.74 Å². The van der Waals surface area contributed by atoms with E-state index in [4.69, 9.17) is 4.74 Å². The van der Waals surface area contributed by atoms with Crippen LogP contribution in [0.25, 0.3) is 0 Å². The van der Waals surface area contributed by atoms with Crippen molar-refractivity contribution in [1.82, 2.24) is 4.72 Å². The molecule has 0 spiro atoms. The minimum absolute atomic E-state index is 0.188. The monoisotopic (exact) mass is 373 g/mol. The number of nitrogens with one attached hydrogen (secondary N) is 1. The molecule has 0 aromatic heterocycles. The molecule has 0 radical (unpaired) electrons. The first-order chi connectivity index (χ1) is 12.3. The predicted octanol–water partition coefficient (Wildman–Crippen LogP) is 3.06. The van der Waals surface area contributed by atoms with Crippen molar-refractivity contribution in [3.8, 4) is 0 Å². The van der Waals surface area contributed by atoms with Crippen molar-refractivity contribution in [3.63, 3.8) is 0 Å². The first kappa shape index (κ1) is 18.6. The van der Waals surface area contributed by atoms with E-state index in [1.807, 2.05) is 32.0 Å². The van der Waals surface area contributed by atoms with Crippen LogP contribution in [0.2, 0.25) is 0 Å². The van der Waals surface area contributed by atoms with E-state index in [0.717, 1.165) is 22.3 Å². The number of carbonyl (C=O) groups is 1.